The van der Waals surface area contributed by atoms with Crippen molar-refractivity contribution in [2.24, 2.45) is 4.99 Å². The van der Waals surface area contributed by atoms with Crippen LogP contribution in [0, 0.1) is 0 Å². The second-order valence-corrected chi connectivity index (χ2v) is 5.02. The van der Waals surface area contributed by atoms with Crippen LogP contribution in [-0.2, 0) is 4.79 Å². The van der Waals surface area contributed by atoms with Gasteiger partial charge in [0.15, 0.2) is 5.17 Å². The molecule has 1 fully saturated rings. The monoisotopic (exact) mass is 229 g/mol. The van der Waals surface area contributed by atoms with Gasteiger partial charge in [0.1, 0.15) is 6.04 Å². The van der Waals surface area contributed by atoms with Crippen molar-refractivity contribution in [3.63, 3.8) is 0 Å². The smallest absolute Gasteiger partial charge is 0.244 e. The Morgan fingerprint density at radius 1 is 1.80 bits per heavy atom. The molecular formula is C10H19N3OS. The zero-order valence-electron chi connectivity index (χ0n) is 9.76. The fourth-order valence-corrected chi connectivity index (χ4v) is 2.54. The molecule has 5 heteroatoms. The predicted molar refractivity (Wildman–Crippen MR) is 65.3 cm³/mol. The van der Waals surface area contributed by atoms with Gasteiger partial charge in [0.25, 0.3) is 0 Å². The molecule has 2 unspecified atom stereocenters. The topological polar surface area (TPSA) is 53.5 Å². The van der Waals surface area contributed by atoms with E-state index in [1.54, 1.807) is 25.7 Å². The van der Waals surface area contributed by atoms with E-state index in [9.17, 15) is 4.79 Å². The van der Waals surface area contributed by atoms with Gasteiger partial charge in [-0.2, -0.15) is 0 Å². The summed E-state index contributed by atoms with van der Waals surface area (Å²) in [5.41, 5.74) is 0.131. The van der Waals surface area contributed by atoms with E-state index in [0.717, 1.165) is 17.3 Å². The average molecular weight is 229 g/mol. The van der Waals surface area contributed by atoms with E-state index >= 15 is 0 Å². The van der Waals surface area contributed by atoms with Gasteiger partial charge < -0.3 is 10.6 Å². The zero-order chi connectivity index (χ0) is 11.5. The van der Waals surface area contributed by atoms with Crippen molar-refractivity contribution in [1.29, 1.82) is 0 Å². The lowest BCUT2D eigenvalue weighted by Crippen LogP contribution is -2.40. The molecule has 0 spiro atoms. The molecule has 1 heterocycles. The number of rotatable bonds is 3. The largest absolute Gasteiger partial charge is 0.359 e. The lowest BCUT2D eigenvalue weighted by molar-refractivity contribution is -0.121. The van der Waals surface area contributed by atoms with Crippen LogP contribution in [0.5, 0.6) is 0 Å². The highest BCUT2D eigenvalue weighted by atomic mass is 32.2. The highest BCUT2D eigenvalue weighted by Gasteiger charge is 2.31. The molecule has 0 saturated carbocycles. The summed E-state index contributed by atoms with van der Waals surface area (Å²) in [4.78, 5) is 15.6. The molecule has 0 aromatic rings. The van der Waals surface area contributed by atoms with E-state index in [4.69, 9.17) is 0 Å². The van der Waals surface area contributed by atoms with E-state index < -0.39 is 0 Å². The second-order valence-electron chi connectivity index (χ2n) is 4.05. The van der Waals surface area contributed by atoms with Crippen molar-refractivity contribution in [1.82, 2.24) is 10.6 Å². The standard InChI is InChI=1S/C10H19N3OS/c1-5-10(3)6-15-9(13-10)12-7(2)8(14)11-4/h7H,5-6H2,1-4H3,(H,11,14)(H,12,13). The fourth-order valence-electron chi connectivity index (χ4n) is 1.26. The average Bonchev–Trinajstić information content (AvgIpc) is 2.60. The molecule has 0 bridgehead atoms. The van der Waals surface area contributed by atoms with Gasteiger partial charge in [-0.05, 0) is 20.3 Å². The minimum Gasteiger partial charge on any atom is -0.359 e. The first-order chi connectivity index (χ1) is 7.00. The zero-order valence-corrected chi connectivity index (χ0v) is 10.6. The molecule has 0 radical (unpaired) electrons. The number of hydrogen-bond donors (Lipinski definition) is 2. The van der Waals surface area contributed by atoms with Crippen LogP contribution in [0.4, 0.5) is 0 Å². The molecule has 1 aliphatic heterocycles. The first kappa shape index (κ1) is 12.4. The van der Waals surface area contributed by atoms with Crippen molar-refractivity contribution >= 4 is 22.8 Å². The SMILES string of the molecule is CCC1(C)CSC(=NC(C)C(=O)NC)N1. The number of nitrogens with one attached hydrogen (secondary N) is 2. The first-order valence-electron chi connectivity index (χ1n) is 5.21. The number of carbonyl (C=O) groups excluding carboxylic acids is 1. The van der Waals surface area contributed by atoms with Crippen LogP contribution in [-0.4, -0.2) is 35.5 Å². The summed E-state index contributed by atoms with van der Waals surface area (Å²) < 4.78 is 0. The molecule has 1 rings (SSSR count). The van der Waals surface area contributed by atoms with Crippen LogP contribution in [0.25, 0.3) is 0 Å². The summed E-state index contributed by atoms with van der Waals surface area (Å²) in [6, 6.07) is -0.316. The molecule has 0 aliphatic carbocycles. The number of aliphatic imine (C=N–C) groups is 1. The Kier molecular flexibility index (Phi) is 4.02. The van der Waals surface area contributed by atoms with Crippen LogP contribution in [0.2, 0.25) is 0 Å². The molecule has 1 amide bonds. The minimum atomic E-state index is -0.316. The van der Waals surface area contributed by atoms with E-state index in [1.165, 1.54) is 0 Å². The molecular weight excluding hydrogens is 210 g/mol. The molecule has 86 valence electrons. The number of carbonyl (C=O) groups is 1. The summed E-state index contributed by atoms with van der Waals surface area (Å²) in [7, 11) is 1.63. The Balaban J connectivity index is 2.60. The third-order valence-electron chi connectivity index (χ3n) is 2.65. The molecule has 0 aromatic carbocycles. The molecule has 0 aromatic heterocycles. The summed E-state index contributed by atoms with van der Waals surface area (Å²) in [5.74, 6) is 0.970. The Hall–Kier alpha value is -0.710. The van der Waals surface area contributed by atoms with Gasteiger partial charge in [-0.3, -0.25) is 4.79 Å². The maximum atomic E-state index is 11.3. The number of amides is 1. The maximum Gasteiger partial charge on any atom is 0.244 e. The van der Waals surface area contributed by atoms with Gasteiger partial charge in [0.05, 0.1) is 0 Å². The van der Waals surface area contributed by atoms with E-state index in [1.807, 2.05) is 0 Å². The number of amidine groups is 1. The Labute approximate surface area is 95.3 Å². The molecule has 1 aliphatic rings. The molecule has 4 nitrogen and oxygen atoms in total. The lowest BCUT2D eigenvalue weighted by atomic mass is 10.0. The first-order valence-corrected chi connectivity index (χ1v) is 6.19. The van der Waals surface area contributed by atoms with Crippen molar-refractivity contribution in [3.8, 4) is 0 Å². The predicted octanol–water partition coefficient (Wildman–Crippen LogP) is 0.982. The highest BCUT2D eigenvalue weighted by Crippen LogP contribution is 2.25. The van der Waals surface area contributed by atoms with Crippen molar-refractivity contribution in [3.05, 3.63) is 0 Å². The molecule has 2 atom stereocenters. The molecule has 15 heavy (non-hydrogen) atoms. The van der Waals surface area contributed by atoms with Crippen LogP contribution < -0.4 is 10.6 Å². The second kappa shape index (κ2) is 4.88. The number of thioether (sulfide) groups is 1. The quantitative estimate of drug-likeness (QED) is 0.758. The third-order valence-corrected chi connectivity index (χ3v) is 3.92. The Morgan fingerprint density at radius 2 is 2.47 bits per heavy atom. The van der Waals surface area contributed by atoms with Crippen LogP contribution in [0.3, 0.4) is 0 Å². The molecule has 1 saturated heterocycles. The summed E-state index contributed by atoms with van der Waals surface area (Å²) in [6.07, 6.45) is 1.06. The van der Waals surface area contributed by atoms with E-state index in [-0.39, 0.29) is 17.5 Å². The van der Waals surface area contributed by atoms with Crippen LogP contribution >= 0.6 is 11.8 Å². The fraction of sp³-hybridized carbons (Fsp3) is 0.800. The maximum absolute atomic E-state index is 11.3. The summed E-state index contributed by atoms with van der Waals surface area (Å²) in [5, 5.41) is 6.83. The normalized spacial score (nSPS) is 30.0. The Morgan fingerprint density at radius 3 is 2.93 bits per heavy atom. The minimum absolute atomic E-state index is 0.0463. The molecule has 2 N–H and O–H groups in total. The summed E-state index contributed by atoms with van der Waals surface area (Å²) >= 11 is 1.69. The van der Waals surface area contributed by atoms with Crippen LogP contribution in [0.1, 0.15) is 27.2 Å². The van der Waals surface area contributed by atoms with Crippen LogP contribution in [0.15, 0.2) is 4.99 Å². The number of likely N-dealkylation sites (N-methyl/N-ethyl adjacent to an activating group) is 1. The third kappa shape index (κ3) is 3.12. The highest BCUT2D eigenvalue weighted by molar-refractivity contribution is 8.14. The van der Waals surface area contributed by atoms with Gasteiger partial charge in [-0.1, -0.05) is 18.7 Å². The summed E-state index contributed by atoms with van der Waals surface area (Å²) in [6.45, 7) is 6.13. The van der Waals surface area contributed by atoms with Gasteiger partial charge in [-0.15, -0.1) is 0 Å². The number of hydrogen-bond acceptors (Lipinski definition) is 3. The van der Waals surface area contributed by atoms with Crippen molar-refractivity contribution in [2.75, 3.05) is 12.8 Å². The van der Waals surface area contributed by atoms with Gasteiger partial charge in [0.2, 0.25) is 5.91 Å². The van der Waals surface area contributed by atoms with Gasteiger partial charge in [0, 0.05) is 18.3 Å². The van der Waals surface area contributed by atoms with Gasteiger partial charge in [-0.25, -0.2) is 4.99 Å². The van der Waals surface area contributed by atoms with Gasteiger partial charge >= 0.3 is 0 Å². The van der Waals surface area contributed by atoms with E-state index in [2.05, 4.69) is 29.5 Å². The Bertz CT molecular complexity index is 280. The van der Waals surface area contributed by atoms with E-state index in [0.29, 0.717) is 0 Å². The van der Waals surface area contributed by atoms with Crippen molar-refractivity contribution < 1.29 is 4.79 Å². The number of nitrogens with zero attached hydrogens (tertiary/aromatic N) is 1. The van der Waals surface area contributed by atoms with Crippen molar-refractivity contribution in [2.45, 2.75) is 38.8 Å². The lowest BCUT2D eigenvalue weighted by Gasteiger charge is -2.21.